The zero-order chi connectivity index (χ0) is 15.5. The lowest BCUT2D eigenvalue weighted by atomic mass is 9.80. The van der Waals surface area contributed by atoms with Crippen molar-refractivity contribution in [3.8, 4) is 0 Å². The van der Waals surface area contributed by atoms with Crippen LogP contribution in [0.3, 0.4) is 0 Å². The Morgan fingerprint density at radius 2 is 1.76 bits per heavy atom. The van der Waals surface area contributed by atoms with Crippen LogP contribution in [0.25, 0.3) is 0 Å². The van der Waals surface area contributed by atoms with Gasteiger partial charge in [0.05, 0.1) is 5.69 Å². The van der Waals surface area contributed by atoms with Crippen LogP contribution in [0.1, 0.15) is 31.1 Å². The Hall–Kier alpha value is -0.320. The second-order valence-corrected chi connectivity index (χ2v) is 7.17. The third-order valence-electron chi connectivity index (χ3n) is 3.68. The smallest absolute Gasteiger partial charge is 0.0634 e. The van der Waals surface area contributed by atoms with Gasteiger partial charge in [0.25, 0.3) is 0 Å². The Kier molecular flexibility index (Phi) is 5.92. The lowest BCUT2D eigenvalue weighted by Gasteiger charge is -2.30. The molecule has 1 aromatic carbocycles. The van der Waals surface area contributed by atoms with Gasteiger partial charge >= 0.3 is 0 Å². The van der Waals surface area contributed by atoms with E-state index in [9.17, 15) is 0 Å². The predicted octanol–water partition coefficient (Wildman–Crippen LogP) is 5.39. The van der Waals surface area contributed by atoms with Crippen molar-refractivity contribution in [3.05, 3.63) is 52.8 Å². The van der Waals surface area contributed by atoms with Gasteiger partial charge in [-0.05, 0) is 37.6 Å². The summed E-state index contributed by atoms with van der Waals surface area (Å²) in [7, 11) is 0. The topological polar surface area (TPSA) is 17.8 Å². The van der Waals surface area contributed by atoms with E-state index in [4.69, 9.17) is 11.6 Å². The largest absolute Gasteiger partial charge is 0.270 e. The maximum Gasteiger partial charge on any atom is 0.0634 e. The van der Waals surface area contributed by atoms with Crippen molar-refractivity contribution in [2.75, 3.05) is 10.7 Å². The summed E-state index contributed by atoms with van der Waals surface area (Å²) in [6.07, 6.45) is 2.93. The molecule has 0 spiro atoms. The fourth-order valence-corrected chi connectivity index (χ4v) is 4.39. The first-order valence-corrected chi connectivity index (χ1v) is 9.55. The molecular formula is C16H19Br2ClN2. The van der Waals surface area contributed by atoms with Gasteiger partial charge in [0, 0.05) is 39.8 Å². The molecule has 114 valence electrons. The molecule has 2 rings (SSSR count). The monoisotopic (exact) mass is 432 g/mol. The molecule has 0 fully saturated rings. The Bertz CT molecular complexity index is 574. The minimum Gasteiger partial charge on any atom is -0.270 e. The highest BCUT2D eigenvalue weighted by molar-refractivity contribution is 9.09. The summed E-state index contributed by atoms with van der Waals surface area (Å²) in [5.74, 6) is 0. The maximum atomic E-state index is 6.01. The first-order valence-electron chi connectivity index (χ1n) is 6.93. The highest BCUT2D eigenvalue weighted by Gasteiger charge is 2.31. The second kappa shape index (κ2) is 7.30. The minimum absolute atomic E-state index is 0.0270. The molecule has 0 N–H and O–H groups in total. The molecule has 1 heterocycles. The van der Waals surface area contributed by atoms with E-state index in [1.165, 1.54) is 5.56 Å². The Morgan fingerprint density at radius 3 is 2.24 bits per heavy atom. The van der Waals surface area contributed by atoms with Crippen LogP contribution in [0, 0.1) is 0 Å². The van der Waals surface area contributed by atoms with Gasteiger partial charge in [0.15, 0.2) is 0 Å². The summed E-state index contributed by atoms with van der Waals surface area (Å²) in [5.41, 5.74) is 2.35. The number of benzene rings is 1. The molecule has 0 amide bonds. The Morgan fingerprint density at radius 1 is 1.14 bits per heavy atom. The number of halogens is 3. The number of hydrogen-bond donors (Lipinski definition) is 0. The normalized spacial score (nSPS) is 12.1. The molecule has 0 aliphatic rings. The summed E-state index contributed by atoms with van der Waals surface area (Å²) in [6.45, 7) is 4.27. The number of hydrogen-bond acceptors (Lipinski definition) is 1. The van der Waals surface area contributed by atoms with E-state index >= 15 is 0 Å². The number of aromatic nitrogens is 2. The van der Waals surface area contributed by atoms with Crippen molar-refractivity contribution < 1.29 is 0 Å². The molecule has 0 aliphatic carbocycles. The van der Waals surface area contributed by atoms with Crippen LogP contribution < -0.4 is 0 Å². The standard InChI is InChI=1S/C16H19Br2ClN2/c1-12(2)21-8-7-15(20-21)9-16(10-17,11-18)13-3-5-14(19)6-4-13/h3-8,12H,9-11H2,1-2H3. The van der Waals surface area contributed by atoms with Gasteiger partial charge in [-0.2, -0.15) is 5.10 Å². The third kappa shape index (κ3) is 3.91. The van der Waals surface area contributed by atoms with Crippen LogP contribution in [-0.2, 0) is 11.8 Å². The molecule has 0 aliphatic heterocycles. The van der Waals surface area contributed by atoms with Gasteiger partial charge in [-0.1, -0.05) is 55.6 Å². The second-order valence-electron chi connectivity index (χ2n) is 5.61. The van der Waals surface area contributed by atoms with Crippen LogP contribution in [0.15, 0.2) is 36.5 Å². The molecule has 0 atom stereocenters. The number of nitrogens with zero attached hydrogens (tertiary/aromatic N) is 2. The van der Waals surface area contributed by atoms with Crippen molar-refractivity contribution in [1.29, 1.82) is 0 Å². The van der Waals surface area contributed by atoms with E-state index in [1.54, 1.807) is 0 Å². The summed E-state index contributed by atoms with van der Waals surface area (Å²) >= 11 is 13.4. The summed E-state index contributed by atoms with van der Waals surface area (Å²) in [6, 6.07) is 10.6. The SMILES string of the molecule is CC(C)n1ccc(CC(CBr)(CBr)c2ccc(Cl)cc2)n1. The van der Waals surface area contributed by atoms with Gasteiger partial charge < -0.3 is 0 Å². The lowest BCUT2D eigenvalue weighted by molar-refractivity contribution is 0.502. The number of alkyl halides is 2. The van der Waals surface area contributed by atoms with Crippen LogP contribution in [0.5, 0.6) is 0 Å². The van der Waals surface area contributed by atoms with Crippen LogP contribution in [-0.4, -0.2) is 20.4 Å². The van der Waals surface area contributed by atoms with Crippen molar-refractivity contribution in [2.45, 2.75) is 31.7 Å². The van der Waals surface area contributed by atoms with Crippen molar-refractivity contribution in [3.63, 3.8) is 0 Å². The van der Waals surface area contributed by atoms with Gasteiger partial charge in [0.1, 0.15) is 0 Å². The maximum absolute atomic E-state index is 6.01. The van der Waals surface area contributed by atoms with E-state index in [0.717, 1.165) is 27.8 Å². The van der Waals surface area contributed by atoms with Gasteiger partial charge in [-0.15, -0.1) is 0 Å². The van der Waals surface area contributed by atoms with Crippen molar-refractivity contribution >= 4 is 43.5 Å². The molecule has 0 saturated carbocycles. The van der Waals surface area contributed by atoms with E-state index in [2.05, 4.69) is 75.2 Å². The quantitative estimate of drug-likeness (QED) is 0.558. The molecule has 1 aromatic heterocycles. The zero-order valence-electron chi connectivity index (χ0n) is 12.2. The van der Waals surface area contributed by atoms with Gasteiger partial charge in [0.2, 0.25) is 0 Å². The van der Waals surface area contributed by atoms with Crippen LogP contribution in [0.2, 0.25) is 5.02 Å². The summed E-state index contributed by atoms with van der Waals surface area (Å²) < 4.78 is 2.00. The lowest BCUT2D eigenvalue weighted by Crippen LogP contribution is -2.33. The first-order chi connectivity index (χ1) is 10.0. The van der Waals surface area contributed by atoms with E-state index in [1.807, 2.05) is 16.8 Å². The Labute approximate surface area is 148 Å². The fraction of sp³-hybridized carbons (Fsp3) is 0.438. The summed E-state index contributed by atoms with van der Waals surface area (Å²) in [5, 5.41) is 7.17. The Balaban J connectivity index is 2.30. The molecule has 0 radical (unpaired) electrons. The molecule has 5 heteroatoms. The molecular weight excluding hydrogens is 415 g/mol. The molecule has 0 bridgehead atoms. The van der Waals surface area contributed by atoms with Gasteiger partial charge in [-0.25, -0.2) is 0 Å². The van der Waals surface area contributed by atoms with Crippen LogP contribution in [0.4, 0.5) is 0 Å². The van der Waals surface area contributed by atoms with Crippen LogP contribution >= 0.6 is 43.5 Å². The molecule has 0 saturated heterocycles. The fourth-order valence-electron chi connectivity index (χ4n) is 2.30. The average molecular weight is 435 g/mol. The van der Waals surface area contributed by atoms with Crippen molar-refractivity contribution in [1.82, 2.24) is 9.78 Å². The van der Waals surface area contributed by atoms with Crippen molar-refractivity contribution in [2.24, 2.45) is 0 Å². The van der Waals surface area contributed by atoms with E-state index in [-0.39, 0.29) is 5.41 Å². The predicted molar refractivity (Wildman–Crippen MR) is 97.0 cm³/mol. The third-order valence-corrected chi connectivity index (χ3v) is 6.08. The molecule has 2 aromatic rings. The minimum atomic E-state index is -0.0270. The van der Waals surface area contributed by atoms with E-state index in [0.29, 0.717) is 6.04 Å². The molecule has 21 heavy (non-hydrogen) atoms. The van der Waals surface area contributed by atoms with Gasteiger partial charge in [-0.3, -0.25) is 4.68 Å². The molecule has 2 nitrogen and oxygen atoms in total. The molecule has 0 unspecified atom stereocenters. The zero-order valence-corrected chi connectivity index (χ0v) is 16.1. The first kappa shape index (κ1) is 17.0. The van der Waals surface area contributed by atoms with E-state index < -0.39 is 0 Å². The highest BCUT2D eigenvalue weighted by Crippen LogP contribution is 2.33. The summed E-state index contributed by atoms with van der Waals surface area (Å²) in [4.78, 5) is 0. The average Bonchev–Trinajstić information content (AvgIpc) is 2.94. The number of rotatable bonds is 6. The highest BCUT2D eigenvalue weighted by atomic mass is 79.9.